The average molecular weight is 537 g/mol. The molecule has 0 atom stereocenters. The molecule has 8 heteroatoms. The average Bonchev–Trinajstić information content (AvgIpc) is 3.36. The minimum absolute atomic E-state index is 0.149. The summed E-state index contributed by atoms with van der Waals surface area (Å²) in [5.74, 6) is -0.417. The van der Waals surface area contributed by atoms with E-state index in [9.17, 15) is 9.59 Å². The van der Waals surface area contributed by atoms with E-state index >= 15 is 0 Å². The molecule has 3 heterocycles. The molecule has 4 aromatic rings. The lowest BCUT2D eigenvalue weighted by atomic mass is 9.96. The molecule has 5 rings (SSSR count). The SMILES string of the molecule is C=CC(=O)Nc1cc(-c2c(-c3ccc(N4CCN(C)CC4)cc3)[nH]c3ncc(C(=O)NCCC)cc23)ccc1C. The highest BCUT2D eigenvalue weighted by Gasteiger charge is 2.20. The molecule has 1 saturated heterocycles. The fourth-order valence-corrected chi connectivity index (χ4v) is 5.05. The standard InChI is InChI=1S/C32H36N6O2/c1-5-13-33-32(40)24-18-26-29(23-8-7-21(3)27(19-23)35-28(39)6-2)30(36-31(26)34-20-24)22-9-11-25(12-10-22)38-16-14-37(4)15-17-38/h6-12,18-20H,2,5,13-17H2,1,3-4H3,(H,33,40)(H,34,36)(H,35,39). The highest BCUT2D eigenvalue weighted by Crippen LogP contribution is 2.40. The van der Waals surface area contributed by atoms with Gasteiger partial charge in [-0.3, -0.25) is 9.59 Å². The molecule has 40 heavy (non-hydrogen) atoms. The number of carbonyl (C=O) groups excluding carboxylic acids is 2. The summed E-state index contributed by atoms with van der Waals surface area (Å²) in [6, 6.07) is 16.5. The van der Waals surface area contributed by atoms with E-state index in [0.29, 0.717) is 23.4 Å². The Bertz CT molecular complexity index is 1550. The monoisotopic (exact) mass is 536 g/mol. The number of pyridine rings is 1. The minimum atomic E-state index is -0.268. The maximum atomic E-state index is 12.8. The molecule has 206 valence electrons. The summed E-state index contributed by atoms with van der Waals surface area (Å²) in [6.45, 7) is 12.3. The normalized spacial score (nSPS) is 13.8. The molecule has 1 aliphatic heterocycles. The number of anilines is 2. The van der Waals surface area contributed by atoms with Crippen LogP contribution in [0.2, 0.25) is 0 Å². The van der Waals surface area contributed by atoms with Gasteiger partial charge in [-0.25, -0.2) is 4.98 Å². The lowest BCUT2D eigenvalue weighted by Gasteiger charge is -2.34. The molecule has 0 unspecified atom stereocenters. The van der Waals surface area contributed by atoms with Gasteiger partial charge in [-0.2, -0.15) is 0 Å². The van der Waals surface area contributed by atoms with E-state index in [1.807, 2.05) is 38.1 Å². The van der Waals surface area contributed by atoms with Crippen LogP contribution in [-0.4, -0.2) is 66.5 Å². The van der Waals surface area contributed by atoms with Crippen molar-refractivity contribution < 1.29 is 9.59 Å². The van der Waals surface area contributed by atoms with E-state index < -0.39 is 0 Å². The Balaban J connectivity index is 1.61. The second-order valence-corrected chi connectivity index (χ2v) is 10.3. The van der Waals surface area contributed by atoms with Gasteiger partial charge in [-0.1, -0.05) is 37.8 Å². The summed E-state index contributed by atoms with van der Waals surface area (Å²) >= 11 is 0. The van der Waals surface area contributed by atoms with E-state index in [2.05, 4.69) is 68.3 Å². The molecule has 8 nitrogen and oxygen atoms in total. The largest absolute Gasteiger partial charge is 0.369 e. The minimum Gasteiger partial charge on any atom is -0.369 e. The number of carbonyl (C=O) groups is 2. The first kappa shape index (κ1) is 27.1. The zero-order valence-corrected chi connectivity index (χ0v) is 23.4. The smallest absolute Gasteiger partial charge is 0.252 e. The molecule has 3 N–H and O–H groups in total. The number of likely N-dealkylation sites (N-methyl/N-ethyl adjacent to an activating group) is 1. The van der Waals surface area contributed by atoms with Gasteiger partial charge in [-0.15, -0.1) is 0 Å². The second-order valence-electron chi connectivity index (χ2n) is 10.3. The number of amides is 2. The summed E-state index contributed by atoms with van der Waals surface area (Å²) in [4.78, 5) is 37.8. The molecule has 0 spiro atoms. The molecular weight excluding hydrogens is 500 g/mol. The van der Waals surface area contributed by atoms with Gasteiger partial charge in [0, 0.05) is 61.2 Å². The molecule has 1 aliphatic rings. The van der Waals surface area contributed by atoms with Gasteiger partial charge in [0.15, 0.2) is 0 Å². The van der Waals surface area contributed by atoms with Gasteiger partial charge in [-0.05, 0) is 67.4 Å². The van der Waals surface area contributed by atoms with Crippen LogP contribution in [0.4, 0.5) is 11.4 Å². The Labute approximate surface area is 235 Å². The van der Waals surface area contributed by atoms with Gasteiger partial charge in [0.2, 0.25) is 5.91 Å². The third-order valence-corrected chi connectivity index (χ3v) is 7.44. The number of fused-ring (bicyclic) bond motifs is 1. The summed E-state index contributed by atoms with van der Waals surface area (Å²) < 4.78 is 0. The maximum Gasteiger partial charge on any atom is 0.252 e. The van der Waals surface area contributed by atoms with Crippen LogP contribution in [0.25, 0.3) is 33.4 Å². The number of rotatable bonds is 8. The molecular formula is C32H36N6O2. The molecule has 2 aromatic carbocycles. The number of hydrogen-bond donors (Lipinski definition) is 3. The van der Waals surface area contributed by atoms with E-state index in [4.69, 9.17) is 0 Å². The second kappa shape index (κ2) is 11.8. The molecule has 0 radical (unpaired) electrons. The Morgan fingerprint density at radius 1 is 1.05 bits per heavy atom. The molecule has 1 fully saturated rings. The van der Waals surface area contributed by atoms with Crippen molar-refractivity contribution in [2.45, 2.75) is 20.3 Å². The van der Waals surface area contributed by atoms with E-state index in [-0.39, 0.29) is 11.8 Å². The molecule has 0 aliphatic carbocycles. The van der Waals surface area contributed by atoms with Crippen molar-refractivity contribution in [3.05, 3.63) is 78.5 Å². The first-order chi connectivity index (χ1) is 19.4. The van der Waals surface area contributed by atoms with Gasteiger partial charge in [0.1, 0.15) is 5.65 Å². The van der Waals surface area contributed by atoms with Crippen LogP contribution in [0.15, 0.2) is 67.4 Å². The van der Waals surface area contributed by atoms with Crippen LogP contribution < -0.4 is 15.5 Å². The number of benzene rings is 2. The summed E-state index contributed by atoms with van der Waals surface area (Å²) in [6.07, 6.45) is 3.72. The predicted molar refractivity (Wildman–Crippen MR) is 163 cm³/mol. The van der Waals surface area contributed by atoms with Gasteiger partial charge in [0.25, 0.3) is 5.91 Å². The first-order valence-corrected chi connectivity index (χ1v) is 13.8. The zero-order chi connectivity index (χ0) is 28.2. The third-order valence-electron chi connectivity index (χ3n) is 7.44. The van der Waals surface area contributed by atoms with E-state index in [1.165, 1.54) is 11.8 Å². The maximum absolute atomic E-state index is 12.8. The van der Waals surface area contributed by atoms with Crippen LogP contribution in [-0.2, 0) is 4.79 Å². The predicted octanol–water partition coefficient (Wildman–Crippen LogP) is 5.22. The lowest BCUT2D eigenvalue weighted by molar-refractivity contribution is -0.111. The molecule has 2 amide bonds. The van der Waals surface area contributed by atoms with Gasteiger partial charge >= 0.3 is 0 Å². The molecule has 2 aromatic heterocycles. The fourth-order valence-electron chi connectivity index (χ4n) is 5.05. The zero-order valence-electron chi connectivity index (χ0n) is 23.4. The number of nitrogens with zero attached hydrogens (tertiary/aromatic N) is 3. The van der Waals surface area contributed by atoms with Crippen molar-refractivity contribution in [1.82, 2.24) is 20.2 Å². The van der Waals surface area contributed by atoms with E-state index in [0.717, 1.165) is 65.9 Å². The Hall–Kier alpha value is -4.43. The van der Waals surface area contributed by atoms with Gasteiger partial charge in [0.05, 0.1) is 11.3 Å². The number of aryl methyl sites for hydroxylation is 1. The van der Waals surface area contributed by atoms with Crippen molar-refractivity contribution in [1.29, 1.82) is 0 Å². The number of hydrogen-bond acceptors (Lipinski definition) is 5. The molecule has 0 saturated carbocycles. The summed E-state index contributed by atoms with van der Waals surface area (Å²) in [5, 5.41) is 6.70. The van der Waals surface area contributed by atoms with Crippen LogP contribution in [0, 0.1) is 6.92 Å². The number of aromatic amines is 1. The Morgan fingerprint density at radius 3 is 2.48 bits per heavy atom. The highest BCUT2D eigenvalue weighted by atomic mass is 16.2. The number of aromatic nitrogens is 2. The molecule has 0 bridgehead atoms. The number of nitrogens with one attached hydrogen (secondary N) is 3. The summed E-state index contributed by atoms with van der Waals surface area (Å²) in [7, 11) is 2.16. The number of piperazine rings is 1. The van der Waals surface area contributed by atoms with Gasteiger partial charge < -0.3 is 25.4 Å². The summed E-state index contributed by atoms with van der Waals surface area (Å²) in [5.41, 5.74) is 7.79. The fraction of sp³-hybridized carbons (Fsp3) is 0.281. The first-order valence-electron chi connectivity index (χ1n) is 13.8. The van der Waals surface area contributed by atoms with Crippen LogP contribution in [0.5, 0.6) is 0 Å². The van der Waals surface area contributed by atoms with Crippen molar-refractivity contribution in [3.8, 4) is 22.4 Å². The Kier molecular flexibility index (Phi) is 7.98. The van der Waals surface area contributed by atoms with Crippen molar-refractivity contribution >= 4 is 34.2 Å². The van der Waals surface area contributed by atoms with Crippen molar-refractivity contribution in [3.63, 3.8) is 0 Å². The van der Waals surface area contributed by atoms with Crippen LogP contribution in [0.1, 0.15) is 29.3 Å². The van der Waals surface area contributed by atoms with Crippen molar-refractivity contribution in [2.75, 3.05) is 50.0 Å². The lowest BCUT2D eigenvalue weighted by Crippen LogP contribution is -2.44. The topological polar surface area (TPSA) is 93.4 Å². The number of H-pyrrole nitrogens is 1. The highest BCUT2D eigenvalue weighted by molar-refractivity contribution is 6.07. The van der Waals surface area contributed by atoms with E-state index in [1.54, 1.807) is 6.20 Å². The quantitative estimate of drug-likeness (QED) is 0.269. The van der Waals surface area contributed by atoms with Crippen LogP contribution in [0.3, 0.4) is 0 Å². The third kappa shape index (κ3) is 5.62. The van der Waals surface area contributed by atoms with Crippen LogP contribution >= 0.6 is 0 Å². The van der Waals surface area contributed by atoms with Crippen molar-refractivity contribution in [2.24, 2.45) is 0 Å². The Morgan fingerprint density at radius 2 is 1.77 bits per heavy atom.